The van der Waals surface area contributed by atoms with Crippen molar-refractivity contribution in [3.05, 3.63) is 59.4 Å². The number of rotatable bonds is 5. The van der Waals surface area contributed by atoms with Crippen LogP contribution in [0.15, 0.2) is 42.5 Å². The molecule has 0 saturated carbocycles. The van der Waals surface area contributed by atoms with Gasteiger partial charge in [0.05, 0.1) is 5.69 Å². The van der Waals surface area contributed by atoms with Crippen LogP contribution in [-0.2, 0) is 6.42 Å². The van der Waals surface area contributed by atoms with E-state index in [0.29, 0.717) is 13.0 Å². The van der Waals surface area contributed by atoms with E-state index in [0.717, 1.165) is 11.6 Å². The lowest BCUT2D eigenvalue weighted by Gasteiger charge is -2.10. The maximum Gasteiger partial charge on any atom is 0.340 e. The Morgan fingerprint density at radius 3 is 2.50 bits per heavy atom. The Kier molecular flexibility index (Phi) is 4.20. The van der Waals surface area contributed by atoms with Crippen molar-refractivity contribution in [1.82, 2.24) is 0 Å². The Bertz CT molecular complexity index is 611. The highest BCUT2D eigenvalue weighted by Gasteiger charge is 2.14. The standard InChI is InChI=1S/C15H14FNO3/c16-12-2-1-3-13(14(12)15(19)20)17-9-8-10-4-6-11(18)7-5-10/h1-7,17-18H,8-9H2,(H,19,20). The molecule has 0 unspecified atom stereocenters. The van der Waals surface area contributed by atoms with Crippen LogP contribution in [0.25, 0.3) is 0 Å². The van der Waals surface area contributed by atoms with Crippen molar-refractivity contribution in [3.8, 4) is 5.75 Å². The zero-order valence-corrected chi connectivity index (χ0v) is 10.6. The molecule has 0 aliphatic carbocycles. The van der Waals surface area contributed by atoms with Gasteiger partial charge in [-0.1, -0.05) is 18.2 Å². The van der Waals surface area contributed by atoms with Gasteiger partial charge >= 0.3 is 5.97 Å². The number of carboxylic acids is 1. The first-order valence-corrected chi connectivity index (χ1v) is 6.11. The Morgan fingerprint density at radius 1 is 1.15 bits per heavy atom. The molecule has 4 nitrogen and oxygen atoms in total. The third-order valence-electron chi connectivity index (χ3n) is 2.89. The average molecular weight is 275 g/mol. The molecule has 0 spiro atoms. The fourth-order valence-electron chi connectivity index (χ4n) is 1.89. The summed E-state index contributed by atoms with van der Waals surface area (Å²) < 4.78 is 13.4. The van der Waals surface area contributed by atoms with Crippen LogP contribution < -0.4 is 5.32 Å². The number of carboxylic acid groups (broad SMARTS) is 1. The normalized spacial score (nSPS) is 10.2. The summed E-state index contributed by atoms with van der Waals surface area (Å²) in [6.45, 7) is 0.467. The highest BCUT2D eigenvalue weighted by atomic mass is 19.1. The number of aromatic carboxylic acids is 1. The van der Waals surface area contributed by atoms with Crippen LogP contribution in [0, 0.1) is 5.82 Å². The number of phenols is 1. The maximum atomic E-state index is 13.4. The molecule has 0 radical (unpaired) electrons. The number of carbonyl (C=O) groups is 1. The van der Waals surface area contributed by atoms with E-state index in [4.69, 9.17) is 10.2 Å². The number of hydrogen-bond acceptors (Lipinski definition) is 3. The van der Waals surface area contributed by atoms with Crippen LogP contribution in [0.4, 0.5) is 10.1 Å². The molecule has 20 heavy (non-hydrogen) atoms. The topological polar surface area (TPSA) is 69.6 Å². The average Bonchev–Trinajstić information content (AvgIpc) is 2.40. The molecule has 0 amide bonds. The second kappa shape index (κ2) is 6.06. The fraction of sp³-hybridized carbons (Fsp3) is 0.133. The molecule has 0 bridgehead atoms. The van der Waals surface area contributed by atoms with Crippen molar-refractivity contribution < 1.29 is 19.4 Å². The summed E-state index contributed by atoms with van der Waals surface area (Å²) in [6.07, 6.45) is 0.635. The first kappa shape index (κ1) is 13.9. The van der Waals surface area contributed by atoms with E-state index in [9.17, 15) is 9.18 Å². The fourth-order valence-corrected chi connectivity index (χ4v) is 1.89. The second-order valence-corrected chi connectivity index (χ2v) is 4.31. The maximum absolute atomic E-state index is 13.4. The molecule has 0 saturated heterocycles. The van der Waals surface area contributed by atoms with E-state index in [1.165, 1.54) is 12.1 Å². The molecule has 0 aliphatic heterocycles. The third kappa shape index (κ3) is 3.26. The van der Waals surface area contributed by atoms with Crippen molar-refractivity contribution >= 4 is 11.7 Å². The van der Waals surface area contributed by atoms with Gasteiger partial charge in [-0.05, 0) is 36.2 Å². The van der Waals surface area contributed by atoms with Crippen molar-refractivity contribution in [1.29, 1.82) is 0 Å². The Balaban J connectivity index is 2.02. The van der Waals surface area contributed by atoms with E-state index in [1.54, 1.807) is 24.3 Å². The lowest BCUT2D eigenvalue weighted by atomic mass is 10.1. The predicted molar refractivity (Wildman–Crippen MR) is 73.7 cm³/mol. The van der Waals surface area contributed by atoms with Crippen LogP contribution >= 0.6 is 0 Å². The number of nitrogens with one attached hydrogen (secondary N) is 1. The van der Waals surface area contributed by atoms with Gasteiger partial charge in [-0.15, -0.1) is 0 Å². The van der Waals surface area contributed by atoms with Gasteiger partial charge in [0.2, 0.25) is 0 Å². The minimum absolute atomic E-state index is 0.194. The molecule has 104 valence electrons. The lowest BCUT2D eigenvalue weighted by Crippen LogP contribution is -2.11. The van der Waals surface area contributed by atoms with Crippen molar-refractivity contribution in [2.45, 2.75) is 6.42 Å². The van der Waals surface area contributed by atoms with Gasteiger partial charge < -0.3 is 15.5 Å². The molecule has 0 fully saturated rings. The number of aromatic hydroxyl groups is 1. The van der Waals surface area contributed by atoms with Gasteiger partial charge in [-0.2, -0.15) is 0 Å². The van der Waals surface area contributed by atoms with E-state index in [-0.39, 0.29) is 17.0 Å². The highest BCUT2D eigenvalue weighted by molar-refractivity contribution is 5.94. The largest absolute Gasteiger partial charge is 0.508 e. The van der Waals surface area contributed by atoms with Crippen LogP contribution in [0.2, 0.25) is 0 Å². The summed E-state index contributed by atoms with van der Waals surface area (Å²) in [6, 6.07) is 10.8. The molecular formula is C15H14FNO3. The lowest BCUT2D eigenvalue weighted by molar-refractivity contribution is 0.0693. The van der Waals surface area contributed by atoms with Crippen LogP contribution in [0.5, 0.6) is 5.75 Å². The van der Waals surface area contributed by atoms with Gasteiger partial charge in [0.15, 0.2) is 0 Å². The van der Waals surface area contributed by atoms with E-state index in [2.05, 4.69) is 5.32 Å². The molecule has 2 aromatic carbocycles. The van der Waals surface area contributed by atoms with Crippen LogP contribution in [0.1, 0.15) is 15.9 Å². The smallest absolute Gasteiger partial charge is 0.340 e. The second-order valence-electron chi connectivity index (χ2n) is 4.31. The zero-order chi connectivity index (χ0) is 14.5. The summed E-state index contributed by atoms with van der Waals surface area (Å²) >= 11 is 0. The molecule has 0 aliphatic rings. The first-order valence-electron chi connectivity index (χ1n) is 6.11. The molecule has 0 atom stereocenters. The molecule has 0 heterocycles. The number of hydrogen-bond donors (Lipinski definition) is 3. The number of benzene rings is 2. The van der Waals surface area contributed by atoms with E-state index >= 15 is 0 Å². The SMILES string of the molecule is O=C(O)c1c(F)cccc1NCCc1ccc(O)cc1. The van der Waals surface area contributed by atoms with E-state index in [1.807, 2.05) is 0 Å². The monoisotopic (exact) mass is 275 g/mol. The highest BCUT2D eigenvalue weighted by Crippen LogP contribution is 2.19. The Hall–Kier alpha value is -2.56. The summed E-state index contributed by atoms with van der Waals surface area (Å²) in [5.74, 6) is -1.86. The van der Waals surface area contributed by atoms with Crippen molar-refractivity contribution in [2.75, 3.05) is 11.9 Å². The Labute approximate surface area is 115 Å². The number of phenolic OH excluding ortho intramolecular Hbond substituents is 1. The van der Waals surface area contributed by atoms with E-state index < -0.39 is 11.8 Å². The van der Waals surface area contributed by atoms with Crippen LogP contribution in [-0.4, -0.2) is 22.7 Å². The quantitative estimate of drug-likeness (QED) is 0.784. The predicted octanol–water partition coefficient (Wildman–Crippen LogP) is 2.88. The van der Waals surface area contributed by atoms with Gasteiger partial charge in [0.1, 0.15) is 17.1 Å². The Morgan fingerprint density at radius 2 is 1.85 bits per heavy atom. The van der Waals surface area contributed by atoms with Gasteiger partial charge in [-0.25, -0.2) is 9.18 Å². The summed E-state index contributed by atoms with van der Waals surface area (Å²) in [4.78, 5) is 11.0. The zero-order valence-electron chi connectivity index (χ0n) is 10.6. The number of anilines is 1. The van der Waals surface area contributed by atoms with Crippen LogP contribution in [0.3, 0.4) is 0 Å². The molecule has 5 heteroatoms. The number of halogens is 1. The summed E-state index contributed by atoms with van der Waals surface area (Å²) in [7, 11) is 0. The molecular weight excluding hydrogens is 261 g/mol. The molecule has 2 aromatic rings. The minimum atomic E-state index is -1.30. The summed E-state index contributed by atoms with van der Waals surface area (Å²) in [5.41, 5.74) is 0.901. The first-order chi connectivity index (χ1) is 9.58. The van der Waals surface area contributed by atoms with Gasteiger partial charge in [-0.3, -0.25) is 0 Å². The summed E-state index contributed by atoms with van der Waals surface area (Å²) in [5, 5.41) is 21.1. The molecule has 0 aromatic heterocycles. The molecule has 2 rings (SSSR count). The molecule has 3 N–H and O–H groups in total. The third-order valence-corrected chi connectivity index (χ3v) is 2.89. The minimum Gasteiger partial charge on any atom is -0.508 e. The van der Waals surface area contributed by atoms with Gasteiger partial charge in [0.25, 0.3) is 0 Å². The van der Waals surface area contributed by atoms with Crippen molar-refractivity contribution in [2.24, 2.45) is 0 Å². The van der Waals surface area contributed by atoms with Crippen molar-refractivity contribution in [3.63, 3.8) is 0 Å². The van der Waals surface area contributed by atoms with Gasteiger partial charge in [0, 0.05) is 6.54 Å².